The molecule has 78 valence electrons. The molecule has 1 N–H and O–H groups in total. The molecular formula is C10H9NO3S. The monoisotopic (exact) mass is 223 g/mol. The molecule has 0 aromatic carbocycles. The van der Waals surface area contributed by atoms with Crippen LogP contribution in [0.3, 0.4) is 0 Å². The number of carboxylic acids is 1. The molecule has 2 aromatic heterocycles. The highest BCUT2D eigenvalue weighted by Crippen LogP contribution is 2.28. The lowest BCUT2D eigenvalue weighted by Crippen LogP contribution is -1.94. The number of thiophene rings is 1. The van der Waals surface area contributed by atoms with Crippen molar-refractivity contribution < 1.29 is 14.4 Å². The average Bonchev–Trinajstić information content (AvgIpc) is 2.86. The van der Waals surface area contributed by atoms with E-state index in [1.807, 2.05) is 12.1 Å². The smallest absolute Gasteiger partial charge is 0.358 e. The van der Waals surface area contributed by atoms with E-state index in [2.05, 4.69) is 12.1 Å². The lowest BCUT2D eigenvalue weighted by atomic mass is 10.3. The lowest BCUT2D eigenvalue weighted by Gasteiger charge is -1.85. The van der Waals surface area contributed by atoms with Crippen LogP contribution in [-0.4, -0.2) is 16.2 Å². The molecule has 0 bridgehead atoms. The third-order valence-electron chi connectivity index (χ3n) is 1.98. The third-order valence-corrected chi connectivity index (χ3v) is 3.23. The van der Waals surface area contributed by atoms with Gasteiger partial charge in [0.1, 0.15) is 0 Å². The number of nitrogens with zero attached hydrogens (tertiary/aromatic N) is 1. The number of hydrogen-bond donors (Lipinski definition) is 1. The van der Waals surface area contributed by atoms with Gasteiger partial charge in [0.15, 0.2) is 11.5 Å². The van der Waals surface area contributed by atoms with E-state index in [0.717, 1.165) is 11.3 Å². The van der Waals surface area contributed by atoms with Crippen LogP contribution < -0.4 is 0 Å². The van der Waals surface area contributed by atoms with Crippen LogP contribution in [0.25, 0.3) is 10.6 Å². The summed E-state index contributed by atoms with van der Waals surface area (Å²) >= 11 is 1.58. The molecule has 0 spiro atoms. The Balaban J connectivity index is 2.32. The highest BCUT2D eigenvalue weighted by Gasteiger charge is 2.13. The van der Waals surface area contributed by atoms with Crippen molar-refractivity contribution in [3.05, 3.63) is 28.8 Å². The van der Waals surface area contributed by atoms with Gasteiger partial charge in [0.25, 0.3) is 0 Å². The SMILES string of the molecule is CCc1ccc(-c2cc(C(=O)O)no2)s1. The van der Waals surface area contributed by atoms with Crippen LogP contribution in [0, 0.1) is 0 Å². The highest BCUT2D eigenvalue weighted by molar-refractivity contribution is 7.15. The second-order valence-corrected chi connectivity index (χ2v) is 4.17. The first-order valence-electron chi connectivity index (χ1n) is 4.49. The molecule has 0 aliphatic carbocycles. The van der Waals surface area contributed by atoms with Crippen molar-refractivity contribution in [1.29, 1.82) is 0 Å². The summed E-state index contributed by atoms with van der Waals surface area (Å²) in [4.78, 5) is 12.7. The number of hydrogen-bond acceptors (Lipinski definition) is 4. The number of carbonyl (C=O) groups is 1. The van der Waals surface area contributed by atoms with Crippen LogP contribution >= 0.6 is 11.3 Å². The van der Waals surface area contributed by atoms with Gasteiger partial charge >= 0.3 is 5.97 Å². The molecule has 0 unspecified atom stereocenters. The molecule has 2 aromatic rings. The number of rotatable bonds is 3. The van der Waals surface area contributed by atoms with E-state index in [0.29, 0.717) is 5.76 Å². The van der Waals surface area contributed by atoms with Crippen molar-refractivity contribution in [3.8, 4) is 10.6 Å². The molecular weight excluding hydrogens is 214 g/mol. The van der Waals surface area contributed by atoms with Gasteiger partial charge in [-0.2, -0.15) is 0 Å². The van der Waals surface area contributed by atoms with Gasteiger partial charge in [-0.3, -0.25) is 0 Å². The topological polar surface area (TPSA) is 63.3 Å². The first-order chi connectivity index (χ1) is 7.20. The quantitative estimate of drug-likeness (QED) is 0.868. The van der Waals surface area contributed by atoms with Crippen LogP contribution in [0.4, 0.5) is 0 Å². The molecule has 0 atom stereocenters. The van der Waals surface area contributed by atoms with Gasteiger partial charge in [-0.05, 0) is 18.6 Å². The maximum Gasteiger partial charge on any atom is 0.358 e. The molecule has 0 aliphatic rings. The molecule has 5 heteroatoms. The van der Waals surface area contributed by atoms with Gasteiger partial charge < -0.3 is 9.63 Å². The Morgan fingerprint density at radius 3 is 2.93 bits per heavy atom. The normalized spacial score (nSPS) is 10.5. The van der Waals surface area contributed by atoms with Crippen molar-refractivity contribution in [1.82, 2.24) is 5.16 Å². The van der Waals surface area contributed by atoms with E-state index in [4.69, 9.17) is 9.63 Å². The lowest BCUT2D eigenvalue weighted by molar-refractivity contribution is 0.0686. The molecule has 0 saturated carbocycles. The van der Waals surface area contributed by atoms with Gasteiger partial charge in [-0.1, -0.05) is 12.1 Å². The molecule has 0 fully saturated rings. The zero-order valence-electron chi connectivity index (χ0n) is 8.06. The van der Waals surface area contributed by atoms with E-state index in [9.17, 15) is 4.79 Å². The fourth-order valence-corrected chi connectivity index (χ4v) is 2.09. The van der Waals surface area contributed by atoms with Crippen LogP contribution in [0.2, 0.25) is 0 Å². The first kappa shape index (κ1) is 9.92. The molecule has 15 heavy (non-hydrogen) atoms. The number of aromatic carboxylic acids is 1. The van der Waals surface area contributed by atoms with Crippen molar-refractivity contribution >= 4 is 17.3 Å². The summed E-state index contributed by atoms with van der Waals surface area (Å²) in [5.41, 5.74) is -0.0588. The molecule has 0 saturated heterocycles. The summed E-state index contributed by atoms with van der Waals surface area (Å²) in [7, 11) is 0. The zero-order chi connectivity index (χ0) is 10.8. The number of aromatic nitrogens is 1. The molecule has 2 rings (SSSR count). The Morgan fingerprint density at radius 1 is 1.60 bits per heavy atom. The van der Waals surface area contributed by atoms with Crippen molar-refractivity contribution in [3.63, 3.8) is 0 Å². The van der Waals surface area contributed by atoms with Crippen molar-refractivity contribution in [2.75, 3.05) is 0 Å². The van der Waals surface area contributed by atoms with E-state index in [1.54, 1.807) is 11.3 Å². The molecule has 2 heterocycles. The molecule has 4 nitrogen and oxygen atoms in total. The van der Waals surface area contributed by atoms with Gasteiger partial charge in [0, 0.05) is 10.9 Å². The van der Waals surface area contributed by atoms with Crippen molar-refractivity contribution in [2.45, 2.75) is 13.3 Å². The number of aryl methyl sites for hydroxylation is 1. The van der Waals surface area contributed by atoms with Crippen LogP contribution in [-0.2, 0) is 6.42 Å². The molecule has 0 amide bonds. The van der Waals surface area contributed by atoms with Gasteiger partial charge in [-0.15, -0.1) is 11.3 Å². The van der Waals surface area contributed by atoms with Gasteiger partial charge in [0.05, 0.1) is 4.88 Å². The average molecular weight is 223 g/mol. The van der Waals surface area contributed by atoms with E-state index in [1.165, 1.54) is 10.9 Å². The van der Waals surface area contributed by atoms with Gasteiger partial charge in [0.2, 0.25) is 0 Å². The summed E-state index contributed by atoms with van der Waals surface area (Å²) in [6.45, 7) is 2.07. The summed E-state index contributed by atoms with van der Waals surface area (Å²) in [6, 6.07) is 5.35. The van der Waals surface area contributed by atoms with Crippen LogP contribution in [0.5, 0.6) is 0 Å². The Morgan fingerprint density at radius 2 is 2.40 bits per heavy atom. The maximum absolute atomic E-state index is 10.6. The Kier molecular flexibility index (Phi) is 2.55. The molecule has 0 aliphatic heterocycles. The first-order valence-corrected chi connectivity index (χ1v) is 5.31. The standard InChI is InChI=1S/C10H9NO3S/c1-2-6-3-4-9(15-6)8-5-7(10(12)13)11-14-8/h3-5H,2H2,1H3,(H,12,13). The zero-order valence-corrected chi connectivity index (χ0v) is 8.87. The Bertz CT molecular complexity index is 486. The second kappa shape index (κ2) is 3.86. The summed E-state index contributed by atoms with van der Waals surface area (Å²) < 4.78 is 4.95. The summed E-state index contributed by atoms with van der Waals surface area (Å²) in [6.07, 6.45) is 0.963. The van der Waals surface area contributed by atoms with E-state index in [-0.39, 0.29) is 5.69 Å². The van der Waals surface area contributed by atoms with Crippen molar-refractivity contribution in [2.24, 2.45) is 0 Å². The Labute approximate surface area is 90.1 Å². The largest absolute Gasteiger partial charge is 0.476 e. The molecule has 0 radical (unpaired) electrons. The minimum absolute atomic E-state index is 0.0588. The minimum Gasteiger partial charge on any atom is -0.476 e. The fraction of sp³-hybridized carbons (Fsp3) is 0.200. The van der Waals surface area contributed by atoms with Gasteiger partial charge in [-0.25, -0.2) is 4.79 Å². The summed E-state index contributed by atoms with van der Waals surface area (Å²) in [5, 5.41) is 12.1. The fourth-order valence-electron chi connectivity index (χ4n) is 1.19. The Hall–Kier alpha value is -1.62. The predicted molar refractivity (Wildman–Crippen MR) is 56.2 cm³/mol. The van der Waals surface area contributed by atoms with E-state index < -0.39 is 5.97 Å². The summed E-state index contributed by atoms with van der Waals surface area (Å²) in [5.74, 6) is -0.561. The van der Waals surface area contributed by atoms with E-state index >= 15 is 0 Å². The maximum atomic E-state index is 10.6. The predicted octanol–water partition coefficient (Wildman–Crippen LogP) is 2.66. The number of carboxylic acid groups (broad SMARTS) is 1. The second-order valence-electron chi connectivity index (χ2n) is 3.00. The third kappa shape index (κ3) is 1.92. The van der Waals surface area contributed by atoms with Crippen LogP contribution in [0.1, 0.15) is 22.3 Å². The highest BCUT2D eigenvalue weighted by atomic mass is 32.1. The minimum atomic E-state index is -1.07. The van der Waals surface area contributed by atoms with Crippen LogP contribution in [0.15, 0.2) is 22.7 Å².